The molecular weight excluding hydrogens is 262 g/mol. The van der Waals surface area contributed by atoms with Gasteiger partial charge >= 0.3 is 0 Å². The Bertz CT molecular complexity index is 622. The van der Waals surface area contributed by atoms with Crippen LogP contribution in [0, 0.1) is 11.3 Å². The van der Waals surface area contributed by atoms with Gasteiger partial charge < -0.3 is 10.1 Å². The van der Waals surface area contributed by atoms with Gasteiger partial charge in [0, 0.05) is 23.3 Å². The smallest absolute Gasteiger partial charge is 0.127 e. The predicted molar refractivity (Wildman–Crippen MR) is 74.3 cm³/mol. The van der Waals surface area contributed by atoms with Gasteiger partial charge in [0.2, 0.25) is 0 Å². The number of ether oxygens (including phenoxy) is 1. The first-order valence-electron chi connectivity index (χ1n) is 5.66. The van der Waals surface area contributed by atoms with Crippen molar-refractivity contribution in [3.63, 3.8) is 0 Å². The molecule has 0 atom stereocenters. The van der Waals surface area contributed by atoms with Gasteiger partial charge in [-0.3, -0.25) is 0 Å². The molecule has 0 aliphatic carbocycles. The number of pyridine rings is 1. The fourth-order valence-electron chi connectivity index (χ4n) is 1.68. The van der Waals surface area contributed by atoms with Crippen molar-refractivity contribution in [3.05, 3.63) is 52.7 Å². The molecule has 2 aromatic rings. The predicted octanol–water partition coefficient (Wildman–Crippen LogP) is 3.23. The maximum atomic E-state index is 8.83. The zero-order valence-corrected chi connectivity index (χ0v) is 11.1. The third-order valence-electron chi connectivity index (χ3n) is 2.63. The Kier molecular flexibility index (Phi) is 4.22. The van der Waals surface area contributed by atoms with Crippen LogP contribution in [0.2, 0.25) is 5.02 Å². The number of nitrogens with one attached hydrogen (secondary N) is 1. The van der Waals surface area contributed by atoms with Crippen LogP contribution in [0.1, 0.15) is 11.1 Å². The Labute approximate surface area is 116 Å². The summed E-state index contributed by atoms with van der Waals surface area (Å²) in [5.74, 6) is 1.34. The van der Waals surface area contributed by atoms with Gasteiger partial charge in [-0.15, -0.1) is 0 Å². The molecule has 4 nitrogen and oxygen atoms in total. The van der Waals surface area contributed by atoms with E-state index in [9.17, 15) is 0 Å². The lowest BCUT2D eigenvalue weighted by Crippen LogP contribution is -2.04. The number of nitrogens with zero attached hydrogens (tertiary/aromatic N) is 2. The molecule has 2 rings (SSSR count). The van der Waals surface area contributed by atoms with Gasteiger partial charge in [0.05, 0.1) is 18.7 Å². The summed E-state index contributed by atoms with van der Waals surface area (Å²) in [7, 11) is 1.60. The summed E-state index contributed by atoms with van der Waals surface area (Å²) in [6.45, 7) is 0.477. The molecule has 0 unspecified atom stereocenters. The van der Waals surface area contributed by atoms with E-state index in [1.165, 1.54) is 0 Å². The molecule has 1 aromatic heterocycles. The second kappa shape index (κ2) is 6.07. The molecule has 96 valence electrons. The highest BCUT2D eigenvalue weighted by atomic mass is 35.5. The highest BCUT2D eigenvalue weighted by Crippen LogP contribution is 2.26. The third-order valence-corrected chi connectivity index (χ3v) is 2.99. The van der Waals surface area contributed by atoms with E-state index in [4.69, 9.17) is 21.6 Å². The first-order chi connectivity index (χ1) is 9.24. The second-order valence-electron chi connectivity index (χ2n) is 3.82. The molecule has 0 bridgehead atoms. The summed E-state index contributed by atoms with van der Waals surface area (Å²) in [6.07, 6.45) is 1.59. The van der Waals surface area contributed by atoms with Crippen LogP contribution in [0.3, 0.4) is 0 Å². The molecule has 0 aliphatic heterocycles. The van der Waals surface area contributed by atoms with Gasteiger partial charge in [-0.1, -0.05) is 17.7 Å². The summed E-state index contributed by atoms with van der Waals surface area (Å²) in [4.78, 5) is 4.14. The minimum absolute atomic E-state index is 0.477. The number of benzene rings is 1. The van der Waals surface area contributed by atoms with E-state index in [0.717, 1.165) is 11.3 Å². The lowest BCUT2D eigenvalue weighted by molar-refractivity contribution is 0.410. The normalized spacial score (nSPS) is 9.74. The molecular formula is C14H12ClN3O. The van der Waals surface area contributed by atoms with Gasteiger partial charge in [-0.25, -0.2) is 4.98 Å². The zero-order valence-electron chi connectivity index (χ0n) is 10.4. The van der Waals surface area contributed by atoms with Crippen LogP contribution in [0.25, 0.3) is 0 Å². The van der Waals surface area contributed by atoms with Gasteiger partial charge in [0.1, 0.15) is 11.6 Å². The molecule has 5 heteroatoms. The Hall–Kier alpha value is -2.25. The largest absolute Gasteiger partial charge is 0.496 e. The van der Waals surface area contributed by atoms with Crippen molar-refractivity contribution in [3.8, 4) is 11.8 Å². The van der Waals surface area contributed by atoms with Crippen molar-refractivity contribution in [2.75, 3.05) is 12.4 Å². The second-order valence-corrected chi connectivity index (χ2v) is 4.22. The Morgan fingerprint density at radius 2 is 2.26 bits per heavy atom. The average Bonchev–Trinajstić information content (AvgIpc) is 2.46. The first kappa shape index (κ1) is 13.2. The molecule has 0 spiro atoms. The zero-order chi connectivity index (χ0) is 13.7. The lowest BCUT2D eigenvalue weighted by Gasteiger charge is -2.11. The minimum Gasteiger partial charge on any atom is -0.496 e. The van der Waals surface area contributed by atoms with E-state index >= 15 is 0 Å². The summed E-state index contributed by atoms with van der Waals surface area (Å²) >= 11 is 6.14. The number of anilines is 1. The van der Waals surface area contributed by atoms with Crippen LogP contribution in [0.15, 0.2) is 36.5 Å². The lowest BCUT2D eigenvalue weighted by atomic mass is 10.2. The van der Waals surface area contributed by atoms with Crippen molar-refractivity contribution >= 4 is 17.4 Å². The van der Waals surface area contributed by atoms with Crippen LogP contribution >= 0.6 is 11.6 Å². The Morgan fingerprint density at radius 1 is 1.42 bits per heavy atom. The van der Waals surface area contributed by atoms with E-state index in [2.05, 4.69) is 16.4 Å². The number of hydrogen-bond acceptors (Lipinski definition) is 4. The van der Waals surface area contributed by atoms with Gasteiger partial charge in [0.25, 0.3) is 0 Å². The molecule has 19 heavy (non-hydrogen) atoms. The molecule has 0 aliphatic rings. The maximum absolute atomic E-state index is 8.83. The van der Waals surface area contributed by atoms with Gasteiger partial charge in [-0.2, -0.15) is 5.26 Å². The van der Waals surface area contributed by atoms with Crippen LogP contribution in [-0.2, 0) is 6.54 Å². The highest BCUT2D eigenvalue weighted by molar-refractivity contribution is 6.31. The quantitative estimate of drug-likeness (QED) is 0.929. The minimum atomic E-state index is 0.477. The van der Waals surface area contributed by atoms with Crippen LogP contribution in [0.4, 0.5) is 5.82 Å². The van der Waals surface area contributed by atoms with Gasteiger partial charge in [0.15, 0.2) is 0 Å². The van der Waals surface area contributed by atoms with Gasteiger partial charge in [-0.05, 0) is 24.3 Å². The van der Waals surface area contributed by atoms with E-state index in [1.54, 1.807) is 31.5 Å². The molecule has 1 N–H and O–H groups in total. The monoisotopic (exact) mass is 273 g/mol. The maximum Gasteiger partial charge on any atom is 0.127 e. The van der Waals surface area contributed by atoms with Crippen molar-refractivity contribution in [2.45, 2.75) is 6.54 Å². The van der Waals surface area contributed by atoms with Crippen molar-refractivity contribution in [1.29, 1.82) is 5.26 Å². The Morgan fingerprint density at radius 3 is 3.00 bits per heavy atom. The highest BCUT2D eigenvalue weighted by Gasteiger charge is 2.07. The summed E-state index contributed by atoms with van der Waals surface area (Å²) < 4.78 is 5.26. The molecule has 1 aromatic carbocycles. The first-order valence-corrected chi connectivity index (χ1v) is 6.04. The number of methoxy groups -OCH3 is 1. The molecule has 0 radical (unpaired) electrons. The number of aromatic nitrogens is 1. The number of halogens is 1. The van der Waals surface area contributed by atoms with Crippen molar-refractivity contribution in [1.82, 2.24) is 4.98 Å². The standard InChI is InChI=1S/C14H12ClN3O/c1-19-13-4-2-3-12(15)11(13)9-18-14-7-10(8-16)5-6-17-14/h2-7H,9H2,1H3,(H,17,18). The SMILES string of the molecule is COc1cccc(Cl)c1CNc1cc(C#N)ccn1. The average molecular weight is 274 g/mol. The third kappa shape index (κ3) is 3.15. The molecule has 0 saturated carbocycles. The summed E-state index contributed by atoms with van der Waals surface area (Å²) in [5.41, 5.74) is 1.42. The number of rotatable bonds is 4. The number of hydrogen-bond donors (Lipinski definition) is 1. The van der Waals surface area contributed by atoms with Crippen LogP contribution < -0.4 is 10.1 Å². The van der Waals surface area contributed by atoms with Crippen molar-refractivity contribution in [2.24, 2.45) is 0 Å². The topological polar surface area (TPSA) is 57.9 Å². The molecule has 0 saturated heterocycles. The van der Waals surface area contributed by atoms with Crippen LogP contribution in [0.5, 0.6) is 5.75 Å². The van der Waals surface area contributed by atoms with Crippen LogP contribution in [-0.4, -0.2) is 12.1 Å². The van der Waals surface area contributed by atoms with E-state index in [1.807, 2.05) is 12.1 Å². The van der Waals surface area contributed by atoms with E-state index in [-0.39, 0.29) is 0 Å². The fourth-order valence-corrected chi connectivity index (χ4v) is 1.91. The summed E-state index contributed by atoms with van der Waals surface area (Å²) in [6, 6.07) is 10.9. The molecule has 0 amide bonds. The molecule has 0 fully saturated rings. The van der Waals surface area contributed by atoms with Crippen molar-refractivity contribution < 1.29 is 4.74 Å². The Balaban J connectivity index is 2.17. The molecule has 1 heterocycles. The summed E-state index contributed by atoms with van der Waals surface area (Å²) in [5, 5.41) is 12.6. The fraction of sp³-hybridized carbons (Fsp3) is 0.143. The number of nitriles is 1. The van der Waals surface area contributed by atoms with E-state index in [0.29, 0.717) is 22.9 Å². The van der Waals surface area contributed by atoms with E-state index < -0.39 is 0 Å².